The van der Waals surface area contributed by atoms with Crippen molar-refractivity contribution in [1.82, 2.24) is 9.47 Å². The van der Waals surface area contributed by atoms with Gasteiger partial charge in [0.2, 0.25) is 0 Å². The van der Waals surface area contributed by atoms with Crippen LogP contribution in [0.2, 0.25) is 0 Å². The summed E-state index contributed by atoms with van der Waals surface area (Å²) in [5.74, 6) is 0. The third-order valence-corrected chi connectivity index (χ3v) is 6.28. The summed E-state index contributed by atoms with van der Waals surface area (Å²) in [6.07, 6.45) is 12.9. The van der Waals surface area contributed by atoms with Crippen molar-refractivity contribution >= 4 is 5.57 Å². The van der Waals surface area contributed by atoms with Gasteiger partial charge in [-0.15, -0.1) is 0 Å². The van der Waals surface area contributed by atoms with E-state index >= 15 is 0 Å². The molecule has 3 heteroatoms. The van der Waals surface area contributed by atoms with Crippen molar-refractivity contribution in [3.63, 3.8) is 0 Å². The third kappa shape index (κ3) is 4.86. The largest absolute Gasteiger partial charge is 0.378 e. The topological polar surface area (TPSA) is 32.0 Å². The van der Waals surface area contributed by atoms with E-state index in [2.05, 4.69) is 98.5 Å². The Labute approximate surface area is 197 Å². The van der Waals surface area contributed by atoms with Gasteiger partial charge in [-0.25, -0.2) is 0 Å². The quantitative estimate of drug-likeness (QED) is 0.396. The lowest BCUT2D eigenvalue weighted by molar-refractivity contribution is 0.508. The molecule has 0 unspecified atom stereocenters. The molecule has 0 N–H and O–H groups in total. The molecule has 0 bridgehead atoms. The molecule has 1 aromatic heterocycles. The van der Waals surface area contributed by atoms with E-state index in [1.54, 1.807) is 0 Å². The Morgan fingerprint density at radius 2 is 1.70 bits per heavy atom. The summed E-state index contributed by atoms with van der Waals surface area (Å²) >= 11 is 0. The molecule has 4 rings (SSSR count). The Morgan fingerprint density at radius 3 is 2.39 bits per heavy atom. The summed E-state index contributed by atoms with van der Waals surface area (Å²) in [6.45, 7) is 6.02. The molecule has 0 radical (unpaired) electrons. The van der Waals surface area contributed by atoms with E-state index in [1.807, 2.05) is 17.7 Å². The zero-order valence-electron chi connectivity index (χ0n) is 19.8. The maximum absolute atomic E-state index is 9.88. The maximum atomic E-state index is 9.88. The molecular formula is C30H31N3. The van der Waals surface area contributed by atoms with Crippen LogP contribution in [-0.2, 0) is 6.42 Å². The van der Waals surface area contributed by atoms with Crippen LogP contribution >= 0.6 is 0 Å². The third-order valence-electron chi connectivity index (χ3n) is 6.28. The normalized spacial score (nSPS) is 13.2. The van der Waals surface area contributed by atoms with Gasteiger partial charge in [-0.1, -0.05) is 60.7 Å². The molecule has 0 amide bonds. The molecule has 166 valence electrons. The second kappa shape index (κ2) is 9.79. The highest BCUT2D eigenvalue weighted by atomic mass is 15.1. The van der Waals surface area contributed by atoms with Gasteiger partial charge in [-0.05, 0) is 67.0 Å². The smallest absolute Gasteiger partial charge is 0.101 e. The summed E-state index contributed by atoms with van der Waals surface area (Å²) in [5.41, 5.74) is 10.0. The predicted octanol–water partition coefficient (Wildman–Crippen LogP) is 7.15. The summed E-state index contributed by atoms with van der Waals surface area (Å²) in [4.78, 5) is 2.21. The molecule has 0 saturated carbocycles. The first kappa shape index (κ1) is 22.4. The van der Waals surface area contributed by atoms with Crippen LogP contribution in [-0.4, -0.2) is 23.6 Å². The van der Waals surface area contributed by atoms with Crippen LogP contribution in [0.3, 0.4) is 0 Å². The lowest BCUT2D eigenvalue weighted by atomic mass is 9.92. The Kier molecular flexibility index (Phi) is 6.66. The van der Waals surface area contributed by atoms with Crippen molar-refractivity contribution in [2.75, 3.05) is 14.1 Å². The zero-order valence-corrected chi connectivity index (χ0v) is 19.8. The van der Waals surface area contributed by atoms with Gasteiger partial charge in [0.15, 0.2) is 0 Å². The van der Waals surface area contributed by atoms with Crippen LogP contribution in [0, 0.1) is 11.3 Å². The van der Waals surface area contributed by atoms with E-state index in [0.717, 1.165) is 53.6 Å². The van der Waals surface area contributed by atoms with E-state index in [1.165, 1.54) is 16.8 Å². The number of hydrogen-bond donors (Lipinski definition) is 0. The number of rotatable bonds is 7. The number of nitrogens with zero attached hydrogens (tertiary/aromatic N) is 3. The van der Waals surface area contributed by atoms with Gasteiger partial charge in [0.25, 0.3) is 0 Å². The van der Waals surface area contributed by atoms with E-state index in [-0.39, 0.29) is 0 Å². The number of aryl methyl sites for hydroxylation is 1. The molecule has 1 heterocycles. The summed E-state index contributed by atoms with van der Waals surface area (Å²) in [5, 5.41) is 9.88. The molecule has 0 fully saturated rings. The van der Waals surface area contributed by atoms with Gasteiger partial charge in [-0.2, -0.15) is 5.26 Å². The van der Waals surface area contributed by atoms with Crippen molar-refractivity contribution < 1.29 is 0 Å². The number of allylic oxidation sites excluding steroid dienone is 4. The minimum atomic E-state index is 0.692. The van der Waals surface area contributed by atoms with Crippen molar-refractivity contribution in [3.8, 4) is 22.9 Å². The fourth-order valence-corrected chi connectivity index (χ4v) is 4.51. The highest BCUT2D eigenvalue weighted by molar-refractivity contribution is 5.74. The van der Waals surface area contributed by atoms with Crippen molar-refractivity contribution in [2.45, 2.75) is 32.6 Å². The molecule has 33 heavy (non-hydrogen) atoms. The number of benzene rings is 2. The monoisotopic (exact) mass is 433 g/mol. The first-order valence-corrected chi connectivity index (χ1v) is 11.5. The van der Waals surface area contributed by atoms with Crippen LogP contribution in [0.25, 0.3) is 22.4 Å². The Balaban J connectivity index is 1.64. The number of aromatic nitrogens is 1. The van der Waals surface area contributed by atoms with E-state index in [4.69, 9.17) is 0 Å². The summed E-state index contributed by atoms with van der Waals surface area (Å²) < 4.78 is 2.05. The molecule has 0 spiro atoms. The van der Waals surface area contributed by atoms with E-state index in [0.29, 0.717) is 5.56 Å². The van der Waals surface area contributed by atoms with Gasteiger partial charge >= 0.3 is 0 Å². The first-order chi connectivity index (χ1) is 16.0. The van der Waals surface area contributed by atoms with Gasteiger partial charge in [0.05, 0.1) is 5.56 Å². The van der Waals surface area contributed by atoms with Crippen LogP contribution in [0.15, 0.2) is 90.9 Å². The predicted molar refractivity (Wildman–Crippen MR) is 138 cm³/mol. The van der Waals surface area contributed by atoms with Gasteiger partial charge in [0.1, 0.15) is 6.07 Å². The van der Waals surface area contributed by atoms with Crippen molar-refractivity contribution in [3.05, 3.63) is 108 Å². The molecule has 3 nitrogen and oxygen atoms in total. The summed E-state index contributed by atoms with van der Waals surface area (Å²) in [6, 6.07) is 19.2. The zero-order chi connectivity index (χ0) is 23.4. The van der Waals surface area contributed by atoms with Gasteiger partial charge in [-0.3, -0.25) is 0 Å². The van der Waals surface area contributed by atoms with Crippen molar-refractivity contribution in [2.24, 2.45) is 0 Å². The molecule has 2 aromatic carbocycles. The average molecular weight is 434 g/mol. The highest BCUT2D eigenvalue weighted by Gasteiger charge is 2.16. The molecular weight excluding hydrogens is 402 g/mol. The van der Waals surface area contributed by atoms with E-state index < -0.39 is 0 Å². The molecule has 3 aromatic rings. The van der Waals surface area contributed by atoms with Crippen LogP contribution in [0.5, 0.6) is 0 Å². The number of nitriles is 1. The Hall–Kier alpha value is -3.77. The standard InChI is InChI=1S/C30H31N3/c1-22(2)23-15-17-27(18-16-23)33-20-26(19-31)29(21-33)28-11-7-5-9-24(28)13-14-25-10-6-8-12-30(25)32(3)4/h5,7,9-12,15-18,20-21H,1,6,8,13-14H2,2-4H3. The van der Waals surface area contributed by atoms with Crippen LogP contribution in [0.1, 0.15) is 42.9 Å². The van der Waals surface area contributed by atoms with Gasteiger partial charge in [0, 0.05) is 43.4 Å². The molecule has 1 aliphatic rings. The highest BCUT2D eigenvalue weighted by Crippen LogP contribution is 2.32. The second-order valence-electron chi connectivity index (χ2n) is 8.88. The Bertz CT molecular complexity index is 1260. The lowest BCUT2D eigenvalue weighted by Crippen LogP contribution is -2.15. The van der Waals surface area contributed by atoms with Crippen LogP contribution in [0.4, 0.5) is 0 Å². The number of likely N-dealkylation sites (N-methyl/N-ethyl adjacent to an activating group) is 1. The SMILES string of the molecule is C=C(C)c1ccc(-n2cc(C#N)c(-c3ccccc3CCC3=CCCC=C3N(C)C)c2)cc1. The second-order valence-corrected chi connectivity index (χ2v) is 8.88. The molecule has 0 atom stereocenters. The fraction of sp³-hybridized carbons (Fsp3) is 0.233. The van der Waals surface area contributed by atoms with E-state index in [9.17, 15) is 5.26 Å². The van der Waals surface area contributed by atoms with Crippen LogP contribution < -0.4 is 0 Å². The Morgan fingerprint density at radius 1 is 0.970 bits per heavy atom. The minimum absolute atomic E-state index is 0.692. The molecule has 0 saturated heterocycles. The first-order valence-electron chi connectivity index (χ1n) is 11.5. The average Bonchev–Trinajstić information content (AvgIpc) is 3.27. The lowest BCUT2D eigenvalue weighted by Gasteiger charge is -2.23. The number of hydrogen-bond acceptors (Lipinski definition) is 2. The fourth-order valence-electron chi connectivity index (χ4n) is 4.51. The molecule has 0 aliphatic heterocycles. The minimum Gasteiger partial charge on any atom is -0.378 e. The maximum Gasteiger partial charge on any atom is 0.101 e. The van der Waals surface area contributed by atoms with Crippen molar-refractivity contribution in [1.29, 1.82) is 5.26 Å². The molecule has 1 aliphatic carbocycles. The summed E-state index contributed by atoms with van der Waals surface area (Å²) in [7, 11) is 4.23. The van der Waals surface area contributed by atoms with Gasteiger partial charge < -0.3 is 9.47 Å².